The summed E-state index contributed by atoms with van der Waals surface area (Å²) in [5.74, 6) is -1.30. The summed E-state index contributed by atoms with van der Waals surface area (Å²) in [4.78, 5) is 29.6. The molecule has 1 atom stereocenters. The average molecular weight is 308 g/mol. The predicted molar refractivity (Wildman–Crippen MR) is 70.3 cm³/mol. The minimum absolute atomic E-state index is 0.195. The number of hydrogen-bond donors (Lipinski definition) is 3. The van der Waals surface area contributed by atoms with Crippen molar-refractivity contribution >= 4 is 25.1 Å². The van der Waals surface area contributed by atoms with Crippen LogP contribution in [0.4, 0.5) is 0 Å². The maximum atomic E-state index is 11.5. The van der Waals surface area contributed by atoms with Crippen molar-refractivity contribution in [3.63, 3.8) is 0 Å². The molecule has 0 aliphatic heterocycles. The van der Waals surface area contributed by atoms with Gasteiger partial charge >= 0.3 is 7.60 Å². The molecule has 0 heterocycles. The zero-order valence-electron chi connectivity index (χ0n) is 10.2. The average Bonchev–Trinajstić information content (AvgIpc) is 2.27. The first-order valence-electron chi connectivity index (χ1n) is 5.44. The summed E-state index contributed by atoms with van der Waals surface area (Å²) >= 11 is 5.74. The number of halogens is 1. The molecule has 1 amide bonds. The molecule has 8 heteroatoms. The van der Waals surface area contributed by atoms with Crippen molar-refractivity contribution in [1.82, 2.24) is 5.06 Å². The van der Waals surface area contributed by atoms with E-state index in [2.05, 4.69) is 0 Å². The number of carbonyl (C=O) groups excluding carboxylic acids is 1. The van der Waals surface area contributed by atoms with Crippen molar-refractivity contribution in [3.8, 4) is 0 Å². The molecule has 0 saturated carbocycles. The van der Waals surface area contributed by atoms with Gasteiger partial charge in [0.25, 0.3) is 0 Å². The number of benzene rings is 1. The second-order valence-electron chi connectivity index (χ2n) is 4.22. The maximum Gasteiger partial charge on any atom is 0.326 e. The Morgan fingerprint density at radius 1 is 1.37 bits per heavy atom. The molecule has 19 heavy (non-hydrogen) atoms. The van der Waals surface area contributed by atoms with Gasteiger partial charge in [-0.3, -0.25) is 14.6 Å². The Labute approximate surface area is 115 Å². The van der Waals surface area contributed by atoms with Crippen molar-refractivity contribution in [2.24, 2.45) is 0 Å². The minimum Gasteiger partial charge on any atom is -0.324 e. The zero-order valence-corrected chi connectivity index (χ0v) is 11.9. The van der Waals surface area contributed by atoms with E-state index in [-0.39, 0.29) is 6.42 Å². The van der Waals surface area contributed by atoms with Gasteiger partial charge < -0.3 is 9.79 Å². The van der Waals surface area contributed by atoms with Gasteiger partial charge in [-0.1, -0.05) is 23.7 Å². The SMILES string of the molecule is CN(O)C(=O)CC(CP(=O)(O)O)c1ccc(Cl)cc1. The standard InChI is InChI=1S/C11H15ClNO5P/c1-13(15)11(14)6-9(7-19(16,17)18)8-2-4-10(12)5-3-8/h2-5,9,15H,6-7H2,1H3,(H2,16,17,18). The number of rotatable bonds is 5. The molecule has 1 aromatic rings. The molecule has 1 rings (SSSR count). The Morgan fingerprint density at radius 3 is 2.32 bits per heavy atom. The summed E-state index contributed by atoms with van der Waals surface area (Å²) in [7, 11) is -3.11. The second-order valence-corrected chi connectivity index (χ2v) is 6.35. The Kier molecular flexibility index (Phi) is 5.52. The molecule has 1 aromatic carbocycles. The molecule has 0 aliphatic rings. The van der Waals surface area contributed by atoms with Gasteiger partial charge in [-0.15, -0.1) is 0 Å². The minimum atomic E-state index is -4.27. The third kappa shape index (κ3) is 5.72. The van der Waals surface area contributed by atoms with Gasteiger partial charge in [0.15, 0.2) is 0 Å². The van der Waals surface area contributed by atoms with Gasteiger partial charge in [0.1, 0.15) is 0 Å². The van der Waals surface area contributed by atoms with Crippen LogP contribution >= 0.6 is 19.2 Å². The molecule has 6 nitrogen and oxygen atoms in total. The fourth-order valence-corrected chi connectivity index (χ4v) is 2.69. The normalized spacial score (nSPS) is 13.1. The molecule has 0 saturated heterocycles. The number of nitrogens with zero attached hydrogens (tertiary/aromatic N) is 1. The lowest BCUT2D eigenvalue weighted by molar-refractivity contribution is -0.159. The molecular formula is C11H15ClNO5P. The Morgan fingerprint density at radius 2 is 1.89 bits per heavy atom. The smallest absolute Gasteiger partial charge is 0.324 e. The highest BCUT2D eigenvalue weighted by atomic mass is 35.5. The van der Waals surface area contributed by atoms with Gasteiger partial charge in [-0.2, -0.15) is 0 Å². The van der Waals surface area contributed by atoms with Crippen LogP contribution < -0.4 is 0 Å². The van der Waals surface area contributed by atoms with E-state index in [0.29, 0.717) is 15.6 Å². The fourth-order valence-electron chi connectivity index (χ4n) is 1.65. The number of hydrogen-bond acceptors (Lipinski definition) is 3. The summed E-state index contributed by atoms with van der Waals surface area (Å²) in [5.41, 5.74) is 0.586. The molecule has 0 fully saturated rings. The summed E-state index contributed by atoms with van der Waals surface area (Å²) in [6.45, 7) is 0. The number of hydroxylamine groups is 2. The van der Waals surface area contributed by atoms with E-state index < -0.39 is 25.6 Å². The third-order valence-corrected chi connectivity index (χ3v) is 3.75. The van der Waals surface area contributed by atoms with E-state index in [0.717, 1.165) is 0 Å². The first-order valence-corrected chi connectivity index (χ1v) is 7.62. The molecule has 0 radical (unpaired) electrons. The molecule has 0 spiro atoms. The van der Waals surface area contributed by atoms with Gasteiger partial charge in [-0.05, 0) is 17.7 Å². The third-order valence-electron chi connectivity index (χ3n) is 2.58. The monoisotopic (exact) mass is 307 g/mol. The number of amides is 1. The molecule has 1 unspecified atom stereocenters. The van der Waals surface area contributed by atoms with Gasteiger partial charge in [-0.25, -0.2) is 5.06 Å². The summed E-state index contributed by atoms with van der Waals surface area (Å²) in [5, 5.41) is 9.92. The van der Waals surface area contributed by atoms with E-state index in [1.807, 2.05) is 0 Å². The number of carbonyl (C=O) groups is 1. The van der Waals surface area contributed by atoms with Crippen LogP contribution in [0.15, 0.2) is 24.3 Å². The van der Waals surface area contributed by atoms with Crippen molar-refractivity contribution in [2.75, 3.05) is 13.2 Å². The van der Waals surface area contributed by atoms with E-state index in [9.17, 15) is 9.36 Å². The Balaban J connectivity index is 2.95. The highest BCUT2D eigenvalue weighted by Gasteiger charge is 2.26. The van der Waals surface area contributed by atoms with E-state index >= 15 is 0 Å². The van der Waals surface area contributed by atoms with Gasteiger partial charge in [0, 0.05) is 24.4 Å². The Bertz CT molecular complexity index is 484. The van der Waals surface area contributed by atoms with Crippen molar-refractivity contribution in [2.45, 2.75) is 12.3 Å². The Hall–Kier alpha value is -0.910. The van der Waals surface area contributed by atoms with Gasteiger partial charge in [0.05, 0.1) is 6.16 Å². The summed E-state index contributed by atoms with van der Waals surface area (Å²) in [6.07, 6.45) is -0.659. The fraction of sp³-hybridized carbons (Fsp3) is 0.364. The maximum absolute atomic E-state index is 11.5. The molecule has 3 N–H and O–H groups in total. The van der Waals surface area contributed by atoms with Crippen molar-refractivity contribution in [1.29, 1.82) is 0 Å². The second kappa shape index (κ2) is 6.50. The van der Waals surface area contributed by atoms with Gasteiger partial charge in [0.2, 0.25) is 5.91 Å². The van der Waals surface area contributed by atoms with Crippen LogP contribution in [0.3, 0.4) is 0 Å². The first kappa shape index (κ1) is 16.1. The van der Waals surface area contributed by atoms with Crippen LogP contribution in [0.1, 0.15) is 17.9 Å². The highest BCUT2D eigenvalue weighted by molar-refractivity contribution is 7.51. The lowest BCUT2D eigenvalue weighted by atomic mass is 9.97. The lowest BCUT2D eigenvalue weighted by Crippen LogP contribution is -2.25. The molecular weight excluding hydrogens is 293 g/mol. The molecule has 106 valence electrons. The largest absolute Gasteiger partial charge is 0.326 e. The zero-order chi connectivity index (χ0) is 14.6. The van der Waals surface area contributed by atoms with Crippen molar-refractivity contribution < 1.29 is 24.4 Å². The van der Waals surface area contributed by atoms with Crippen LogP contribution in [-0.4, -0.2) is 39.2 Å². The van der Waals surface area contributed by atoms with E-state index in [4.69, 9.17) is 26.6 Å². The van der Waals surface area contributed by atoms with Crippen LogP contribution in [-0.2, 0) is 9.36 Å². The van der Waals surface area contributed by atoms with E-state index in [1.165, 1.54) is 7.05 Å². The summed E-state index contributed by atoms with van der Waals surface area (Å²) in [6, 6.07) is 6.37. The molecule has 0 aliphatic carbocycles. The van der Waals surface area contributed by atoms with Crippen LogP contribution in [0.2, 0.25) is 5.02 Å². The summed E-state index contributed by atoms with van der Waals surface area (Å²) < 4.78 is 11.1. The lowest BCUT2D eigenvalue weighted by Gasteiger charge is -2.19. The van der Waals surface area contributed by atoms with Crippen molar-refractivity contribution in [3.05, 3.63) is 34.9 Å². The van der Waals surface area contributed by atoms with E-state index in [1.54, 1.807) is 24.3 Å². The topological polar surface area (TPSA) is 98.1 Å². The quantitative estimate of drug-likeness (QED) is 0.438. The predicted octanol–water partition coefficient (Wildman–Crippen LogP) is 1.84. The molecule has 0 bridgehead atoms. The molecule has 0 aromatic heterocycles. The van der Waals surface area contributed by atoms with Crippen LogP contribution in [0.25, 0.3) is 0 Å². The van der Waals surface area contributed by atoms with Crippen LogP contribution in [0, 0.1) is 0 Å². The van der Waals surface area contributed by atoms with Crippen LogP contribution in [0.5, 0.6) is 0 Å². The highest BCUT2D eigenvalue weighted by Crippen LogP contribution is 2.41. The first-order chi connectivity index (χ1) is 8.69.